The van der Waals surface area contributed by atoms with Crippen LogP contribution in [0, 0.1) is 5.92 Å². The largest absolute Gasteiger partial charge is 0.393 e. The summed E-state index contributed by atoms with van der Waals surface area (Å²) in [4.78, 5) is 15.9. The number of likely N-dealkylation sites (tertiary alicyclic amines) is 2. The molecule has 2 fully saturated rings. The third-order valence-corrected chi connectivity index (χ3v) is 5.89. The number of alkyl halides is 3. The van der Waals surface area contributed by atoms with E-state index in [2.05, 4.69) is 4.72 Å². The lowest BCUT2D eigenvalue weighted by Crippen LogP contribution is -2.51. The zero-order valence-corrected chi connectivity index (χ0v) is 15.9. The Labute approximate surface area is 153 Å². The number of amides is 1. The Morgan fingerprint density at radius 3 is 2.54 bits per heavy atom. The molecule has 0 aromatic carbocycles. The second-order valence-electron chi connectivity index (χ2n) is 7.30. The summed E-state index contributed by atoms with van der Waals surface area (Å²) in [5.41, 5.74) is 0. The summed E-state index contributed by atoms with van der Waals surface area (Å²) in [6.07, 6.45) is 0.693. The number of hydrogen-bond donors (Lipinski definition) is 1. The van der Waals surface area contributed by atoms with Gasteiger partial charge in [0.25, 0.3) is 0 Å². The topological polar surface area (TPSA) is 69.7 Å². The maximum absolute atomic E-state index is 12.9. The highest BCUT2D eigenvalue weighted by molar-refractivity contribution is 7.88. The molecule has 0 bridgehead atoms. The highest BCUT2D eigenvalue weighted by Crippen LogP contribution is 2.33. The molecule has 26 heavy (non-hydrogen) atoms. The minimum absolute atomic E-state index is 0.0742. The lowest BCUT2D eigenvalue weighted by molar-refractivity contribution is -0.188. The minimum Gasteiger partial charge on any atom is -0.341 e. The summed E-state index contributed by atoms with van der Waals surface area (Å²) < 4.78 is 63.6. The molecule has 10 heteroatoms. The molecule has 0 aliphatic carbocycles. The lowest BCUT2D eigenvalue weighted by Gasteiger charge is -2.38. The molecule has 0 aromatic rings. The van der Waals surface area contributed by atoms with Crippen molar-refractivity contribution in [1.29, 1.82) is 0 Å². The van der Waals surface area contributed by atoms with E-state index in [1.165, 1.54) is 4.90 Å². The molecule has 2 aliphatic heterocycles. The molecule has 2 rings (SSSR count). The van der Waals surface area contributed by atoms with Crippen molar-refractivity contribution in [3.05, 3.63) is 0 Å². The van der Waals surface area contributed by atoms with E-state index in [-0.39, 0.29) is 31.5 Å². The molecule has 152 valence electrons. The number of halogens is 3. The van der Waals surface area contributed by atoms with E-state index in [1.807, 2.05) is 4.90 Å². The van der Waals surface area contributed by atoms with Crippen molar-refractivity contribution in [1.82, 2.24) is 14.5 Å². The molecule has 2 atom stereocenters. The lowest BCUT2D eigenvalue weighted by atomic mass is 9.97. The molecular formula is C16H28F3N3O3S. The number of carbonyl (C=O) groups is 1. The van der Waals surface area contributed by atoms with Crippen molar-refractivity contribution in [2.45, 2.75) is 50.7 Å². The second kappa shape index (κ2) is 8.88. The van der Waals surface area contributed by atoms with E-state index in [4.69, 9.17) is 0 Å². The first-order valence-corrected chi connectivity index (χ1v) is 11.0. The van der Waals surface area contributed by atoms with Gasteiger partial charge in [-0.15, -0.1) is 0 Å². The van der Waals surface area contributed by atoms with Crippen LogP contribution in [0.2, 0.25) is 0 Å². The summed E-state index contributed by atoms with van der Waals surface area (Å²) in [7, 11) is -3.25. The van der Waals surface area contributed by atoms with Gasteiger partial charge >= 0.3 is 6.18 Å². The van der Waals surface area contributed by atoms with Crippen LogP contribution in [0.4, 0.5) is 13.2 Å². The van der Waals surface area contributed by atoms with Crippen molar-refractivity contribution < 1.29 is 26.4 Å². The summed E-state index contributed by atoms with van der Waals surface area (Å²) in [5, 5.41) is 0. The van der Waals surface area contributed by atoms with Gasteiger partial charge < -0.3 is 4.90 Å². The predicted octanol–water partition coefficient (Wildman–Crippen LogP) is 1.58. The maximum atomic E-state index is 12.9. The number of rotatable bonds is 6. The molecule has 1 N–H and O–H groups in total. The van der Waals surface area contributed by atoms with Crippen LogP contribution in [0.5, 0.6) is 0 Å². The minimum atomic E-state index is -4.26. The fourth-order valence-electron chi connectivity index (χ4n) is 3.75. The van der Waals surface area contributed by atoms with E-state index in [1.54, 1.807) is 0 Å². The fraction of sp³-hybridized carbons (Fsp3) is 0.938. The first kappa shape index (κ1) is 21.4. The fourth-order valence-corrected chi connectivity index (χ4v) is 4.24. The van der Waals surface area contributed by atoms with E-state index in [0.29, 0.717) is 32.5 Å². The van der Waals surface area contributed by atoms with Gasteiger partial charge in [0.2, 0.25) is 15.9 Å². The Morgan fingerprint density at radius 2 is 1.88 bits per heavy atom. The van der Waals surface area contributed by atoms with Crippen LogP contribution in [0.3, 0.4) is 0 Å². The highest BCUT2D eigenvalue weighted by Gasteiger charge is 2.42. The highest BCUT2D eigenvalue weighted by atomic mass is 32.2. The SMILES string of the molecule is CS(=O)(=O)NCCC1CCCCN1CC(=O)N1CCCC(C(F)(F)F)C1. The van der Waals surface area contributed by atoms with Crippen molar-refractivity contribution >= 4 is 15.9 Å². The normalized spacial score (nSPS) is 26.1. The van der Waals surface area contributed by atoms with Crippen LogP contribution < -0.4 is 4.72 Å². The van der Waals surface area contributed by atoms with Gasteiger partial charge in [-0.2, -0.15) is 13.2 Å². The zero-order chi connectivity index (χ0) is 19.4. The number of piperidine rings is 2. The van der Waals surface area contributed by atoms with Gasteiger partial charge in [0.15, 0.2) is 0 Å². The van der Waals surface area contributed by atoms with Crippen molar-refractivity contribution in [2.24, 2.45) is 5.92 Å². The summed E-state index contributed by atoms with van der Waals surface area (Å²) in [6.45, 7) is 1.24. The summed E-state index contributed by atoms with van der Waals surface area (Å²) >= 11 is 0. The molecule has 0 saturated carbocycles. The molecule has 2 saturated heterocycles. The third-order valence-electron chi connectivity index (χ3n) is 5.17. The van der Waals surface area contributed by atoms with Crippen LogP contribution in [-0.4, -0.2) is 75.3 Å². The molecule has 1 amide bonds. The number of hydrogen-bond acceptors (Lipinski definition) is 4. The predicted molar refractivity (Wildman–Crippen MR) is 92.0 cm³/mol. The molecular weight excluding hydrogens is 371 g/mol. The average Bonchev–Trinajstić information content (AvgIpc) is 2.54. The van der Waals surface area contributed by atoms with Gasteiger partial charge in [0.05, 0.1) is 18.7 Å². The molecule has 2 unspecified atom stereocenters. The first-order valence-electron chi connectivity index (χ1n) is 9.09. The van der Waals surface area contributed by atoms with E-state index >= 15 is 0 Å². The molecule has 0 aromatic heterocycles. The van der Waals surface area contributed by atoms with Crippen LogP contribution in [0.1, 0.15) is 38.5 Å². The van der Waals surface area contributed by atoms with Crippen molar-refractivity contribution in [2.75, 3.05) is 39.0 Å². The Kier molecular flexibility index (Phi) is 7.32. The van der Waals surface area contributed by atoms with Gasteiger partial charge in [0.1, 0.15) is 0 Å². The third kappa shape index (κ3) is 6.70. The van der Waals surface area contributed by atoms with E-state index in [9.17, 15) is 26.4 Å². The molecule has 2 heterocycles. The van der Waals surface area contributed by atoms with Gasteiger partial charge in [-0.3, -0.25) is 9.69 Å². The molecule has 6 nitrogen and oxygen atoms in total. The Balaban J connectivity index is 1.88. The van der Waals surface area contributed by atoms with Gasteiger partial charge in [-0.25, -0.2) is 13.1 Å². The smallest absolute Gasteiger partial charge is 0.341 e. The van der Waals surface area contributed by atoms with Crippen LogP contribution in [0.25, 0.3) is 0 Å². The Hall–Kier alpha value is -0.870. The molecule has 0 spiro atoms. The van der Waals surface area contributed by atoms with Crippen molar-refractivity contribution in [3.63, 3.8) is 0 Å². The molecule has 2 aliphatic rings. The van der Waals surface area contributed by atoms with Crippen molar-refractivity contribution in [3.8, 4) is 0 Å². The van der Waals surface area contributed by atoms with E-state index in [0.717, 1.165) is 25.5 Å². The van der Waals surface area contributed by atoms with Crippen LogP contribution in [-0.2, 0) is 14.8 Å². The quantitative estimate of drug-likeness (QED) is 0.736. The Bertz CT molecular complexity index is 583. The second-order valence-corrected chi connectivity index (χ2v) is 9.13. The Morgan fingerprint density at radius 1 is 1.15 bits per heavy atom. The first-order chi connectivity index (χ1) is 12.1. The van der Waals surface area contributed by atoms with Gasteiger partial charge in [0, 0.05) is 25.7 Å². The van der Waals surface area contributed by atoms with Crippen LogP contribution in [0.15, 0.2) is 0 Å². The number of nitrogens with one attached hydrogen (secondary N) is 1. The van der Waals surface area contributed by atoms with Gasteiger partial charge in [-0.1, -0.05) is 6.42 Å². The number of nitrogens with zero attached hydrogens (tertiary/aromatic N) is 2. The maximum Gasteiger partial charge on any atom is 0.393 e. The number of sulfonamides is 1. The van der Waals surface area contributed by atoms with Crippen LogP contribution >= 0.6 is 0 Å². The standard InChI is InChI=1S/C16H28F3N3O3S/c1-26(24,25)20-8-7-14-6-2-3-9-21(14)12-15(23)22-10-4-5-13(11-22)16(17,18)19/h13-14,20H,2-12H2,1H3. The summed E-state index contributed by atoms with van der Waals surface area (Å²) in [5.74, 6) is -1.70. The monoisotopic (exact) mass is 399 g/mol. The van der Waals surface area contributed by atoms with E-state index < -0.39 is 22.1 Å². The van der Waals surface area contributed by atoms with Gasteiger partial charge in [-0.05, 0) is 38.6 Å². The average molecular weight is 399 g/mol. The number of carbonyl (C=O) groups excluding carboxylic acids is 1. The zero-order valence-electron chi connectivity index (χ0n) is 15.1. The molecule has 0 radical (unpaired) electrons. The summed E-state index contributed by atoms with van der Waals surface area (Å²) in [6, 6.07) is 0.0742.